The van der Waals surface area contributed by atoms with Crippen molar-refractivity contribution in [3.05, 3.63) is 30.0 Å². The molecular weight excluding hydrogens is 181 g/mol. The number of rotatable bonds is 1. The lowest BCUT2D eigenvalue weighted by Gasteiger charge is -2.09. The fourth-order valence-corrected chi connectivity index (χ4v) is 0.877. The second kappa shape index (κ2) is 3.08. The Bertz CT molecular complexity index is 331. The average molecular weight is 188 g/mol. The predicted octanol–water partition coefficient (Wildman–Crippen LogP) is 2.33. The molecule has 0 atom stereocenters. The van der Waals surface area contributed by atoms with Crippen molar-refractivity contribution in [1.29, 1.82) is 0 Å². The topological polar surface area (TPSA) is 38.9 Å². The molecule has 2 nitrogen and oxygen atoms in total. The highest BCUT2D eigenvalue weighted by Crippen LogP contribution is 2.31. The highest BCUT2D eigenvalue weighted by Gasteiger charge is 2.34. The van der Waals surface area contributed by atoms with E-state index in [4.69, 9.17) is 5.73 Å². The van der Waals surface area contributed by atoms with Crippen LogP contribution in [-0.4, -0.2) is 4.98 Å². The highest BCUT2D eigenvalue weighted by molar-refractivity contribution is 5.53. The molecule has 0 aliphatic carbocycles. The largest absolute Gasteiger partial charge is 0.434 e. The molecule has 0 saturated carbocycles. The zero-order valence-electron chi connectivity index (χ0n) is 6.60. The van der Waals surface area contributed by atoms with Crippen LogP contribution in [0, 0.1) is 0 Å². The van der Waals surface area contributed by atoms with Crippen molar-refractivity contribution in [1.82, 2.24) is 4.98 Å². The molecular formula is C8H7F3N2. The number of aromatic nitrogens is 1. The van der Waals surface area contributed by atoms with Gasteiger partial charge in [0, 0.05) is 5.56 Å². The average Bonchev–Trinajstić information content (AvgIpc) is 2.03. The third kappa shape index (κ3) is 1.99. The van der Waals surface area contributed by atoms with E-state index in [1.165, 1.54) is 12.1 Å². The summed E-state index contributed by atoms with van der Waals surface area (Å²) in [5.74, 6) is -0.155. The van der Waals surface area contributed by atoms with Crippen LogP contribution in [0.4, 0.5) is 19.0 Å². The minimum absolute atomic E-state index is 0.0679. The van der Waals surface area contributed by atoms with Crippen molar-refractivity contribution in [3.63, 3.8) is 0 Å². The second-order valence-corrected chi connectivity index (χ2v) is 2.38. The van der Waals surface area contributed by atoms with Crippen LogP contribution in [0.25, 0.3) is 6.08 Å². The van der Waals surface area contributed by atoms with Crippen molar-refractivity contribution in [3.8, 4) is 0 Å². The Morgan fingerprint density at radius 2 is 2.00 bits per heavy atom. The smallest absolute Gasteiger partial charge is 0.384 e. The van der Waals surface area contributed by atoms with E-state index in [1.807, 2.05) is 0 Å². The van der Waals surface area contributed by atoms with Gasteiger partial charge in [-0.05, 0) is 12.1 Å². The zero-order valence-corrected chi connectivity index (χ0v) is 6.60. The molecule has 0 fully saturated rings. The van der Waals surface area contributed by atoms with Crippen LogP contribution < -0.4 is 5.73 Å². The zero-order chi connectivity index (χ0) is 10.1. The van der Waals surface area contributed by atoms with Crippen LogP contribution in [0.2, 0.25) is 0 Å². The molecule has 0 saturated heterocycles. The molecule has 0 radical (unpaired) electrons. The molecule has 70 valence electrons. The maximum Gasteiger partial charge on any atom is 0.434 e. The minimum atomic E-state index is -4.49. The summed E-state index contributed by atoms with van der Waals surface area (Å²) in [6, 6.07) is 2.53. The van der Waals surface area contributed by atoms with Gasteiger partial charge in [0.15, 0.2) is 5.69 Å². The van der Waals surface area contributed by atoms with E-state index in [0.717, 1.165) is 6.08 Å². The first-order valence-corrected chi connectivity index (χ1v) is 3.41. The summed E-state index contributed by atoms with van der Waals surface area (Å²) in [6.45, 7) is 3.25. The van der Waals surface area contributed by atoms with Crippen LogP contribution in [0.3, 0.4) is 0 Å². The second-order valence-electron chi connectivity index (χ2n) is 2.38. The number of nitrogen functional groups attached to an aromatic ring is 1. The van der Waals surface area contributed by atoms with Gasteiger partial charge in [0.2, 0.25) is 0 Å². The molecule has 1 heterocycles. The first kappa shape index (κ1) is 9.57. The summed E-state index contributed by atoms with van der Waals surface area (Å²) in [4.78, 5) is 3.20. The highest BCUT2D eigenvalue weighted by atomic mass is 19.4. The fourth-order valence-electron chi connectivity index (χ4n) is 0.877. The number of pyridine rings is 1. The molecule has 0 amide bonds. The fraction of sp³-hybridized carbons (Fsp3) is 0.125. The van der Waals surface area contributed by atoms with E-state index in [2.05, 4.69) is 11.6 Å². The monoisotopic (exact) mass is 188 g/mol. The molecule has 0 aliphatic rings. The van der Waals surface area contributed by atoms with Gasteiger partial charge in [0.05, 0.1) is 0 Å². The third-order valence-electron chi connectivity index (χ3n) is 1.44. The van der Waals surface area contributed by atoms with Crippen molar-refractivity contribution < 1.29 is 13.2 Å². The Balaban J connectivity index is 3.32. The van der Waals surface area contributed by atoms with Crippen LogP contribution in [0.5, 0.6) is 0 Å². The van der Waals surface area contributed by atoms with Gasteiger partial charge in [-0.15, -0.1) is 0 Å². The Morgan fingerprint density at radius 1 is 1.38 bits per heavy atom. The van der Waals surface area contributed by atoms with Crippen LogP contribution in [0.15, 0.2) is 18.7 Å². The van der Waals surface area contributed by atoms with E-state index in [-0.39, 0.29) is 11.4 Å². The summed E-state index contributed by atoms with van der Waals surface area (Å²) in [5, 5.41) is 0. The molecule has 1 aromatic rings. The van der Waals surface area contributed by atoms with Crippen LogP contribution in [0.1, 0.15) is 11.3 Å². The molecule has 0 unspecified atom stereocenters. The summed E-state index contributed by atoms with van der Waals surface area (Å²) < 4.78 is 36.7. The van der Waals surface area contributed by atoms with Gasteiger partial charge in [0.25, 0.3) is 0 Å². The molecule has 1 aromatic heterocycles. The minimum Gasteiger partial charge on any atom is -0.384 e. The van der Waals surface area contributed by atoms with Gasteiger partial charge < -0.3 is 5.73 Å². The Kier molecular flexibility index (Phi) is 2.27. The van der Waals surface area contributed by atoms with Crippen molar-refractivity contribution in [2.75, 3.05) is 5.73 Å². The Labute approximate surface area is 72.9 Å². The van der Waals surface area contributed by atoms with Gasteiger partial charge >= 0.3 is 6.18 Å². The first-order valence-electron chi connectivity index (χ1n) is 3.41. The van der Waals surface area contributed by atoms with Crippen molar-refractivity contribution >= 4 is 11.9 Å². The molecule has 5 heteroatoms. The molecule has 0 bridgehead atoms. The number of hydrogen-bond donors (Lipinski definition) is 1. The lowest BCUT2D eigenvalue weighted by Crippen LogP contribution is -2.11. The summed E-state index contributed by atoms with van der Waals surface area (Å²) in [5.41, 5.74) is 4.07. The number of nitrogens with zero attached hydrogens (tertiary/aromatic N) is 1. The van der Waals surface area contributed by atoms with Gasteiger partial charge in [-0.2, -0.15) is 13.2 Å². The maximum absolute atomic E-state index is 12.2. The number of alkyl halides is 3. The number of hydrogen-bond acceptors (Lipinski definition) is 2. The van der Waals surface area contributed by atoms with Gasteiger partial charge in [-0.3, -0.25) is 0 Å². The molecule has 0 spiro atoms. The SMILES string of the molecule is C=Cc1ccc(N)nc1C(F)(F)F. The van der Waals surface area contributed by atoms with Gasteiger partial charge in [-0.1, -0.05) is 12.7 Å². The normalized spacial score (nSPS) is 11.3. The standard InChI is InChI=1S/C8H7F3N2/c1-2-5-3-4-6(12)13-7(5)8(9,10)11/h2-4H,1H2,(H2,12,13). The maximum atomic E-state index is 12.2. The van der Waals surface area contributed by atoms with Crippen LogP contribution >= 0.6 is 0 Å². The quantitative estimate of drug-likeness (QED) is 0.734. The third-order valence-corrected chi connectivity index (χ3v) is 1.44. The Hall–Kier alpha value is -1.52. The predicted molar refractivity (Wildman–Crippen MR) is 43.7 cm³/mol. The molecule has 13 heavy (non-hydrogen) atoms. The van der Waals surface area contributed by atoms with Crippen molar-refractivity contribution in [2.45, 2.75) is 6.18 Å². The molecule has 2 N–H and O–H groups in total. The molecule has 0 aromatic carbocycles. The van der Waals surface area contributed by atoms with E-state index in [9.17, 15) is 13.2 Å². The van der Waals surface area contributed by atoms with Gasteiger partial charge in [0.1, 0.15) is 5.82 Å². The summed E-state index contributed by atoms with van der Waals surface area (Å²) in [6.07, 6.45) is -3.39. The number of nitrogens with two attached hydrogens (primary N) is 1. The lowest BCUT2D eigenvalue weighted by molar-refractivity contribution is -0.141. The van der Waals surface area contributed by atoms with E-state index >= 15 is 0 Å². The molecule has 0 aliphatic heterocycles. The lowest BCUT2D eigenvalue weighted by atomic mass is 10.2. The summed E-state index contributed by atoms with van der Waals surface area (Å²) in [7, 11) is 0. The first-order chi connectivity index (χ1) is 5.95. The van der Waals surface area contributed by atoms with Crippen LogP contribution in [-0.2, 0) is 6.18 Å². The molecule has 1 rings (SSSR count). The number of anilines is 1. The Morgan fingerprint density at radius 3 is 2.46 bits per heavy atom. The van der Waals surface area contributed by atoms with E-state index in [1.54, 1.807) is 0 Å². The van der Waals surface area contributed by atoms with Gasteiger partial charge in [-0.25, -0.2) is 4.98 Å². The van der Waals surface area contributed by atoms with E-state index < -0.39 is 11.9 Å². The summed E-state index contributed by atoms with van der Waals surface area (Å²) >= 11 is 0. The van der Waals surface area contributed by atoms with Crippen molar-refractivity contribution in [2.24, 2.45) is 0 Å². The van der Waals surface area contributed by atoms with E-state index in [0.29, 0.717) is 0 Å². The number of halogens is 3.